The van der Waals surface area contributed by atoms with E-state index in [1.807, 2.05) is 66.0 Å². The van der Waals surface area contributed by atoms with E-state index in [9.17, 15) is 10.1 Å². The van der Waals surface area contributed by atoms with Gasteiger partial charge in [0.25, 0.3) is 0 Å². The first-order valence-corrected chi connectivity index (χ1v) is 12.4. The molecule has 0 fully saturated rings. The molecule has 2 aromatic heterocycles. The molecular formula is C28H20N2O2S2. The molecule has 6 heteroatoms. The van der Waals surface area contributed by atoms with Gasteiger partial charge in [-0.05, 0) is 52.7 Å². The van der Waals surface area contributed by atoms with Gasteiger partial charge in [-0.1, -0.05) is 60.7 Å². The Kier molecular flexibility index (Phi) is 6.22. The number of esters is 1. The minimum atomic E-state index is -0.253. The van der Waals surface area contributed by atoms with E-state index in [0.717, 1.165) is 43.7 Å². The minimum Gasteiger partial charge on any atom is -0.469 e. The highest BCUT2D eigenvalue weighted by Crippen LogP contribution is 2.46. The highest BCUT2D eigenvalue weighted by molar-refractivity contribution is 7.98. The Labute approximate surface area is 206 Å². The van der Waals surface area contributed by atoms with E-state index in [1.54, 1.807) is 11.9 Å². The van der Waals surface area contributed by atoms with Crippen LogP contribution < -0.4 is 0 Å². The second kappa shape index (κ2) is 9.60. The predicted molar refractivity (Wildman–Crippen MR) is 139 cm³/mol. The summed E-state index contributed by atoms with van der Waals surface area (Å²) in [5.41, 5.74) is 6.15. The van der Waals surface area contributed by atoms with Crippen LogP contribution in [-0.2, 0) is 16.0 Å². The molecule has 0 atom stereocenters. The van der Waals surface area contributed by atoms with Crippen LogP contribution in [0.5, 0.6) is 0 Å². The Morgan fingerprint density at radius 3 is 2.47 bits per heavy atom. The average molecular weight is 481 g/mol. The van der Waals surface area contributed by atoms with Gasteiger partial charge in [0, 0.05) is 21.4 Å². The van der Waals surface area contributed by atoms with E-state index < -0.39 is 0 Å². The summed E-state index contributed by atoms with van der Waals surface area (Å²) in [6, 6.07) is 31.0. The van der Waals surface area contributed by atoms with E-state index in [0.29, 0.717) is 4.88 Å². The zero-order valence-corrected chi connectivity index (χ0v) is 20.0. The lowest BCUT2D eigenvalue weighted by Gasteiger charge is -2.12. The topological polar surface area (TPSA) is 55.0 Å². The number of rotatable bonds is 6. The molecule has 0 radical (unpaired) electrons. The molecule has 0 aliphatic heterocycles. The molecule has 5 aromatic rings. The summed E-state index contributed by atoms with van der Waals surface area (Å²) in [4.78, 5) is 13.4. The molecule has 34 heavy (non-hydrogen) atoms. The summed E-state index contributed by atoms with van der Waals surface area (Å²) in [5, 5.41) is 12.8. The smallest absolute Gasteiger partial charge is 0.309 e. The molecule has 3 aromatic carbocycles. The van der Waals surface area contributed by atoms with Crippen molar-refractivity contribution in [3.63, 3.8) is 0 Å². The van der Waals surface area contributed by atoms with Crippen LogP contribution in [0.1, 0.15) is 10.4 Å². The summed E-state index contributed by atoms with van der Waals surface area (Å²) >= 11 is 3.09. The molecule has 166 valence electrons. The van der Waals surface area contributed by atoms with Crippen LogP contribution in [0.15, 0.2) is 95.2 Å². The first-order valence-electron chi connectivity index (χ1n) is 10.7. The molecule has 5 rings (SSSR count). The maximum absolute atomic E-state index is 11.6. The highest BCUT2D eigenvalue weighted by atomic mass is 32.2. The number of para-hydroxylation sites is 1. The fourth-order valence-electron chi connectivity index (χ4n) is 4.04. The number of hydrogen-bond acceptors (Lipinski definition) is 5. The lowest BCUT2D eigenvalue weighted by Crippen LogP contribution is -2.04. The number of methoxy groups -OCH3 is 1. The lowest BCUT2D eigenvalue weighted by molar-refractivity contribution is -0.139. The van der Waals surface area contributed by atoms with Crippen LogP contribution in [0.2, 0.25) is 0 Å². The molecular weight excluding hydrogens is 460 g/mol. The molecule has 2 heterocycles. The van der Waals surface area contributed by atoms with Crippen LogP contribution in [0.4, 0.5) is 0 Å². The van der Waals surface area contributed by atoms with Gasteiger partial charge in [-0.15, -0.1) is 11.3 Å². The Morgan fingerprint density at radius 2 is 1.74 bits per heavy atom. The maximum atomic E-state index is 11.6. The fourth-order valence-corrected chi connectivity index (χ4v) is 5.75. The predicted octanol–water partition coefficient (Wildman–Crippen LogP) is 7.18. The largest absolute Gasteiger partial charge is 0.469 e. The van der Waals surface area contributed by atoms with Crippen LogP contribution in [-0.4, -0.2) is 17.1 Å². The van der Waals surface area contributed by atoms with Gasteiger partial charge in [-0.25, -0.2) is 0 Å². The van der Waals surface area contributed by atoms with Gasteiger partial charge in [-0.2, -0.15) is 5.26 Å². The summed E-state index contributed by atoms with van der Waals surface area (Å²) in [6.45, 7) is 0. The van der Waals surface area contributed by atoms with Crippen molar-refractivity contribution in [3.8, 4) is 28.5 Å². The molecule has 0 saturated heterocycles. The molecule has 4 nitrogen and oxygen atoms in total. The van der Waals surface area contributed by atoms with Crippen molar-refractivity contribution in [2.24, 2.45) is 0 Å². The fraction of sp³-hybridized carbons (Fsp3) is 0.0714. The molecule has 0 spiro atoms. The number of ether oxygens (including phenoxy) is 1. The van der Waals surface area contributed by atoms with Gasteiger partial charge < -0.3 is 4.74 Å². The van der Waals surface area contributed by atoms with E-state index in [-0.39, 0.29) is 12.4 Å². The number of thiophene rings is 1. The van der Waals surface area contributed by atoms with Crippen molar-refractivity contribution in [1.29, 1.82) is 5.26 Å². The summed E-state index contributed by atoms with van der Waals surface area (Å²) in [6.07, 6.45) is 0.252. The normalized spacial score (nSPS) is 10.8. The van der Waals surface area contributed by atoms with Gasteiger partial charge in [0.15, 0.2) is 0 Å². The first-order chi connectivity index (χ1) is 16.7. The van der Waals surface area contributed by atoms with Gasteiger partial charge in [-0.3, -0.25) is 8.77 Å². The zero-order valence-electron chi connectivity index (χ0n) is 18.4. The third-order valence-electron chi connectivity index (χ3n) is 5.61. The number of hydrogen-bond donors (Lipinski definition) is 0. The first kappa shape index (κ1) is 22.0. The number of benzene rings is 3. The third-order valence-corrected chi connectivity index (χ3v) is 7.48. The monoisotopic (exact) mass is 480 g/mol. The number of nitriles is 1. The number of carbonyl (C=O) groups is 1. The van der Waals surface area contributed by atoms with Crippen molar-refractivity contribution in [2.45, 2.75) is 11.3 Å². The average Bonchev–Trinajstić information content (AvgIpc) is 3.48. The Balaban J connectivity index is 1.69. The van der Waals surface area contributed by atoms with E-state index in [1.165, 1.54) is 18.4 Å². The number of carbonyl (C=O) groups excluding carboxylic acids is 1. The van der Waals surface area contributed by atoms with Gasteiger partial charge in [0.1, 0.15) is 10.9 Å². The van der Waals surface area contributed by atoms with Gasteiger partial charge in [0.2, 0.25) is 0 Å². The summed E-state index contributed by atoms with van der Waals surface area (Å²) in [5.74, 6) is -0.253. The molecule has 0 aliphatic carbocycles. The van der Waals surface area contributed by atoms with Crippen LogP contribution >= 0.6 is 23.3 Å². The van der Waals surface area contributed by atoms with Crippen LogP contribution in [0.25, 0.3) is 33.3 Å². The van der Waals surface area contributed by atoms with Crippen LogP contribution in [0, 0.1) is 11.3 Å². The van der Waals surface area contributed by atoms with Crippen molar-refractivity contribution in [3.05, 3.63) is 101 Å². The molecule has 0 amide bonds. The van der Waals surface area contributed by atoms with Crippen molar-refractivity contribution in [1.82, 2.24) is 3.97 Å². The molecule has 0 unspecified atom stereocenters. The van der Waals surface area contributed by atoms with E-state index in [4.69, 9.17) is 4.74 Å². The quantitative estimate of drug-likeness (QED) is 0.242. The summed E-state index contributed by atoms with van der Waals surface area (Å²) in [7, 11) is 1.40. The van der Waals surface area contributed by atoms with Crippen molar-refractivity contribution in [2.75, 3.05) is 7.11 Å². The molecule has 0 bridgehead atoms. The number of aromatic nitrogens is 1. The summed E-state index contributed by atoms with van der Waals surface area (Å²) < 4.78 is 7.02. The SMILES string of the molecule is COC(=O)Cc1ccc(Sn2c(-c3ccccc3)c(-c3ccsc3C#N)c3ccccc32)cc1. The Hall–Kier alpha value is -3.79. The highest BCUT2D eigenvalue weighted by Gasteiger charge is 2.23. The third kappa shape index (κ3) is 4.12. The zero-order chi connectivity index (χ0) is 23.5. The second-order valence-electron chi connectivity index (χ2n) is 7.66. The Morgan fingerprint density at radius 1 is 1.00 bits per heavy atom. The maximum Gasteiger partial charge on any atom is 0.309 e. The number of nitrogens with zero attached hydrogens (tertiary/aromatic N) is 2. The van der Waals surface area contributed by atoms with Gasteiger partial charge in [0.05, 0.1) is 24.7 Å². The molecule has 0 N–H and O–H groups in total. The second-order valence-corrected chi connectivity index (χ2v) is 9.60. The number of fused-ring (bicyclic) bond motifs is 1. The van der Waals surface area contributed by atoms with E-state index in [2.05, 4.69) is 34.3 Å². The molecule has 0 saturated carbocycles. The standard InChI is InChI=1S/C28H20N2O2S2/c1-32-26(31)17-19-11-13-21(14-12-19)34-30-24-10-6-5-9-22(24)27(23-15-16-33-25(23)18-29)28(30)20-7-3-2-4-8-20/h2-16H,17H2,1H3. The Bertz CT molecular complexity index is 1510. The van der Waals surface area contributed by atoms with Gasteiger partial charge >= 0.3 is 5.97 Å². The lowest BCUT2D eigenvalue weighted by atomic mass is 9.99. The van der Waals surface area contributed by atoms with Crippen LogP contribution in [0.3, 0.4) is 0 Å². The van der Waals surface area contributed by atoms with E-state index >= 15 is 0 Å². The van der Waals surface area contributed by atoms with Crippen molar-refractivity contribution >= 4 is 40.2 Å². The molecule has 0 aliphatic rings. The van der Waals surface area contributed by atoms with Crippen molar-refractivity contribution < 1.29 is 9.53 Å². The minimum absolute atomic E-state index is 0.252.